The molecular formula is C11H16N2O. The molecular weight excluding hydrogens is 176 g/mol. The molecule has 0 fully saturated rings. The van der Waals surface area contributed by atoms with Gasteiger partial charge in [0.25, 0.3) is 0 Å². The Labute approximate surface area is 84.0 Å². The number of methoxy groups -OCH3 is 1. The molecule has 0 unspecified atom stereocenters. The second-order valence-corrected chi connectivity index (χ2v) is 3.79. The zero-order chi connectivity index (χ0) is 10.1. The second kappa shape index (κ2) is 3.50. The van der Waals surface area contributed by atoms with Crippen LogP contribution in [-0.2, 0) is 6.42 Å². The van der Waals surface area contributed by atoms with E-state index >= 15 is 0 Å². The van der Waals surface area contributed by atoms with Crippen molar-refractivity contribution < 1.29 is 4.74 Å². The lowest BCUT2D eigenvalue weighted by Crippen LogP contribution is -2.19. The van der Waals surface area contributed by atoms with Gasteiger partial charge in [-0.2, -0.15) is 0 Å². The van der Waals surface area contributed by atoms with Gasteiger partial charge in [0.05, 0.1) is 7.11 Å². The molecule has 2 rings (SSSR count). The van der Waals surface area contributed by atoms with Crippen LogP contribution in [0, 0.1) is 0 Å². The molecule has 14 heavy (non-hydrogen) atoms. The van der Waals surface area contributed by atoms with E-state index < -0.39 is 0 Å². The number of nitrogen functional groups attached to an aromatic ring is 1. The van der Waals surface area contributed by atoms with Crippen molar-refractivity contribution in [1.82, 2.24) is 0 Å². The highest BCUT2D eigenvalue weighted by atomic mass is 16.5. The quantitative estimate of drug-likeness (QED) is 0.664. The van der Waals surface area contributed by atoms with E-state index in [0.29, 0.717) is 0 Å². The SMILES string of the molecule is COc1cc(N)c2c(c1)CCC[C@H]2N. The first kappa shape index (κ1) is 9.34. The minimum absolute atomic E-state index is 0.102. The molecule has 1 aromatic rings. The van der Waals surface area contributed by atoms with Crippen LogP contribution in [0.5, 0.6) is 5.75 Å². The van der Waals surface area contributed by atoms with Crippen LogP contribution in [0.15, 0.2) is 12.1 Å². The Morgan fingerprint density at radius 2 is 2.21 bits per heavy atom. The minimum atomic E-state index is 0.102. The summed E-state index contributed by atoms with van der Waals surface area (Å²) in [5.74, 6) is 0.829. The lowest BCUT2D eigenvalue weighted by atomic mass is 9.87. The molecule has 0 saturated heterocycles. The van der Waals surface area contributed by atoms with Crippen molar-refractivity contribution in [2.45, 2.75) is 25.3 Å². The number of fused-ring (bicyclic) bond motifs is 1. The summed E-state index contributed by atoms with van der Waals surface area (Å²) in [5.41, 5.74) is 15.1. The van der Waals surface area contributed by atoms with Crippen LogP contribution in [-0.4, -0.2) is 7.11 Å². The van der Waals surface area contributed by atoms with Crippen molar-refractivity contribution in [2.24, 2.45) is 5.73 Å². The highest BCUT2D eigenvalue weighted by Crippen LogP contribution is 2.35. The third-order valence-electron chi connectivity index (χ3n) is 2.84. The van der Waals surface area contributed by atoms with Crippen molar-refractivity contribution in [3.63, 3.8) is 0 Å². The van der Waals surface area contributed by atoms with Gasteiger partial charge in [-0.15, -0.1) is 0 Å². The predicted octanol–water partition coefficient (Wildman–Crippen LogP) is 1.61. The lowest BCUT2D eigenvalue weighted by molar-refractivity contribution is 0.413. The number of anilines is 1. The van der Waals surface area contributed by atoms with E-state index in [0.717, 1.165) is 36.3 Å². The molecule has 0 spiro atoms. The molecule has 1 aliphatic rings. The molecule has 1 aromatic carbocycles. The van der Waals surface area contributed by atoms with E-state index in [1.807, 2.05) is 12.1 Å². The van der Waals surface area contributed by atoms with Crippen LogP contribution in [0.3, 0.4) is 0 Å². The van der Waals surface area contributed by atoms with Gasteiger partial charge in [0.2, 0.25) is 0 Å². The van der Waals surface area contributed by atoms with Gasteiger partial charge in [-0.05, 0) is 36.5 Å². The lowest BCUT2D eigenvalue weighted by Gasteiger charge is -2.24. The first-order chi connectivity index (χ1) is 6.72. The van der Waals surface area contributed by atoms with E-state index in [9.17, 15) is 0 Å². The van der Waals surface area contributed by atoms with E-state index in [1.165, 1.54) is 5.56 Å². The van der Waals surface area contributed by atoms with Gasteiger partial charge >= 0.3 is 0 Å². The summed E-state index contributed by atoms with van der Waals surface area (Å²) < 4.78 is 5.18. The van der Waals surface area contributed by atoms with Gasteiger partial charge in [0, 0.05) is 17.8 Å². The molecule has 3 nitrogen and oxygen atoms in total. The van der Waals surface area contributed by atoms with Crippen LogP contribution in [0.25, 0.3) is 0 Å². The fourth-order valence-corrected chi connectivity index (χ4v) is 2.14. The molecule has 0 amide bonds. The maximum Gasteiger partial charge on any atom is 0.121 e. The Morgan fingerprint density at radius 1 is 1.43 bits per heavy atom. The van der Waals surface area contributed by atoms with E-state index in [1.54, 1.807) is 7.11 Å². The molecule has 0 aliphatic heterocycles. The average molecular weight is 192 g/mol. The molecule has 0 radical (unpaired) electrons. The number of ether oxygens (including phenoxy) is 1. The third kappa shape index (κ3) is 1.44. The van der Waals surface area contributed by atoms with E-state index in [2.05, 4.69) is 0 Å². The van der Waals surface area contributed by atoms with Gasteiger partial charge in [-0.1, -0.05) is 0 Å². The number of hydrogen-bond donors (Lipinski definition) is 2. The molecule has 0 heterocycles. The Morgan fingerprint density at radius 3 is 2.93 bits per heavy atom. The standard InChI is InChI=1S/C11H16N2O/c1-14-8-5-7-3-2-4-9(12)11(7)10(13)6-8/h5-6,9H,2-4,12-13H2,1H3/t9-/m1/s1. The Hall–Kier alpha value is -1.22. The number of rotatable bonds is 1. The minimum Gasteiger partial charge on any atom is -0.497 e. The first-order valence-electron chi connectivity index (χ1n) is 4.94. The Balaban J connectivity index is 2.51. The first-order valence-corrected chi connectivity index (χ1v) is 4.94. The normalized spacial score (nSPS) is 20.3. The number of hydrogen-bond acceptors (Lipinski definition) is 3. The molecule has 76 valence electrons. The average Bonchev–Trinajstić information content (AvgIpc) is 2.17. The summed E-state index contributed by atoms with van der Waals surface area (Å²) in [6, 6.07) is 4.00. The fourth-order valence-electron chi connectivity index (χ4n) is 2.14. The van der Waals surface area contributed by atoms with E-state index in [4.69, 9.17) is 16.2 Å². The van der Waals surface area contributed by atoms with Crippen molar-refractivity contribution in [1.29, 1.82) is 0 Å². The molecule has 4 N–H and O–H groups in total. The largest absolute Gasteiger partial charge is 0.497 e. The number of nitrogens with two attached hydrogens (primary N) is 2. The van der Waals surface area contributed by atoms with Crippen molar-refractivity contribution in [3.8, 4) is 5.75 Å². The van der Waals surface area contributed by atoms with Gasteiger partial charge in [-0.25, -0.2) is 0 Å². The van der Waals surface area contributed by atoms with Crippen molar-refractivity contribution in [3.05, 3.63) is 23.3 Å². The zero-order valence-corrected chi connectivity index (χ0v) is 8.42. The van der Waals surface area contributed by atoms with E-state index in [-0.39, 0.29) is 6.04 Å². The zero-order valence-electron chi connectivity index (χ0n) is 8.42. The van der Waals surface area contributed by atoms with Gasteiger partial charge < -0.3 is 16.2 Å². The summed E-state index contributed by atoms with van der Waals surface area (Å²) >= 11 is 0. The number of aryl methyl sites for hydroxylation is 1. The maximum absolute atomic E-state index is 6.02. The molecule has 1 atom stereocenters. The van der Waals surface area contributed by atoms with Crippen LogP contribution in [0.2, 0.25) is 0 Å². The summed E-state index contributed by atoms with van der Waals surface area (Å²) in [5, 5.41) is 0. The van der Waals surface area contributed by atoms with Crippen molar-refractivity contribution >= 4 is 5.69 Å². The highest BCUT2D eigenvalue weighted by molar-refractivity contribution is 5.57. The third-order valence-corrected chi connectivity index (χ3v) is 2.84. The van der Waals surface area contributed by atoms with Gasteiger partial charge in [-0.3, -0.25) is 0 Å². The van der Waals surface area contributed by atoms with Gasteiger partial charge in [0.1, 0.15) is 5.75 Å². The van der Waals surface area contributed by atoms with Crippen LogP contribution >= 0.6 is 0 Å². The van der Waals surface area contributed by atoms with Crippen LogP contribution in [0.1, 0.15) is 30.0 Å². The monoisotopic (exact) mass is 192 g/mol. The summed E-state index contributed by atoms with van der Waals surface area (Å²) in [4.78, 5) is 0. The second-order valence-electron chi connectivity index (χ2n) is 3.79. The van der Waals surface area contributed by atoms with Crippen LogP contribution < -0.4 is 16.2 Å². The Kier molecular flexibility index (Phi) is 2.33. The molecule has 1 aliphatic carbocycles. The van der Waals surface area contributed by atoms with Gasteiger partial charge in [0.15, 0.2) is 0 Å². The van der Waals surface area contributed by atoms with Crippen LogP contribution in [0.4, 0.5) is 5.69 Å². The van der Waals surface area contributed by atoms with Crippen molar-refractivity contribution in [2.75, 3.05) is 12.8 Å². The number of benzene rings is 1. The predicted molar refractivity (Wildman–Crippen MR) is 57.3 cm³/mol. The molecule has 0 saturated carbocycles. The summed E-state index contributed by atoms with van der Waals surface area (Å²) in [6.45, 7) is 0. The smallest absolute Gasteiger partial charge is 0.121 e. The summed E-state index contributed by atoms with van der Waals surface area (Å²) in [6.07, 6.45) is 3.23. The molecule has 3 heteroatoms. The summed E-state index contributed by atoms with van der Waals surface area (Å²) in [7, 11) is 1.66. The topological polar surface area (TPSA) is 61.3 Å². The molecule has 0 aromatic heterocycles. The fraction of sp³-hybridized carbons (Fsp3) is 0.455. The molecule has 0 bridgehead atoms. The maximum atomic E-state index is 6.02. The highest BCUT2D eigenvalue weighted by Gasteiger charge is 2.20. The Bertz CT molecular complexity index is 349.